The Bertz CT molecular complexity index is 674. The number of nitrogens with zero attached hydrogens (tertiary/aromatic N) is 1. The maximum Gasteiger partial charge on any atom is 0.326 e. The first-order chi connectivity index (χ1) is 9.47. The Morgan fingerprint density at radius 3 is 2.65 bits per heavy atom. The first-order valence-electron chi connectivity index (χ1n) is 5.74. The van der Waals surface area contributed by atoms with E-state index in [2.05, 4.69) is 10.3 Å². The molecule has 104 valence electrons. The molecule has 0 spiro atoms. The number of nitrogens with one attached hydrogen (secondary N) is 1. The molecule has 1 aromatic carbocycles. The van der Waals surface area contributed by atoms with Gasteiger partial charge in [0.1, 0.15) is 17.0 Å². The van der Waals surface area contributed by atoms with Crippen molar-refractivity contribution in [3.63, 3.8) is 0 Å². The smallest absolute Gasteiger partial charge is 0.326 e. The van der Waals surface area contributed by atoms with Crippen LogP contribution in [0.5, 0.6) is 0 Å². The van der Waals surface area contributed by atoms with Gasteiger partial charge in [0.05, 0.1) is 6.42 Å². The largest absolute Gasteiger partial charge is 0.481 e. The van der Waals surface area contributed by atoms with Gasteiger partial charge in [-0.15, -0.1) is 0 Å². The van der Waals surface area contributed by atoms with Gasteiger partial charge in [0.25, 0.3) is 0 Å². The predicted molar refractivity (Wildman–Crippen MR) is 74.1 cm³/mol. The molecule has 0 fully saturated rings. The second-order valence-corrected chi connectivity index (χ2v) is 4.53. The van der Waals surface area contributed by atoms with Crippen molar-refractivity contribution in [2.45, 2.75) is 12.5 Å². The normalized spacial score (nSPS) is 12.1. The quantitative estimate of drug-likeness (QED) is 0.731. The Labute approximate surface area is 119 Å². The molecule has 1 heterocycles. The van der Waals surface area contributed by atoms with Gasteiger partial charge in [0.2, 0.25) is 0 Å². The summed E-state index contributed by atoms with van der Waals surface area (Å²) < 4.78 is 0. The minimum Gasteiger partial charge on any atom is -0.481 e. The lowest BCUT2D eigenvalue weighted by atomic mass is 10.1. The zero-order valence-corrected chi connectivity index (χ0v) is 11.0. The van der Waals surface area contributed by atoms with Crippen LogP contribution in [0.4, 0.5) is 5.82 Å². The number of hydrogen-bond donors (Lipinski definition) is 3. The lowest BCUT2D eigenvalue weighted by Crippen LogP contribution is -2.32. The van der Waals surface area contributed by atoms with E-state index in [-0.39, 0.29) is 11.0 Å². The number of rotatable bonds is 5. The first kappa shape index (κ1) is 14.1. The molecular formula is C13H11ClN2O4. The van der Waals surface area contributed by atoms with E-state index in [9.17, 15) is 9.59 Å². The van der Waals surface area contributed by atoms with Gasteiger partial charge in [0.15, 0.2) is 0 Å². The van der Waals surface area contributed by atoms with Gasteiger partial charge in [-0.05, 0) is 11.5 Å². The van der Waals surface area contributed by atoms with E-state index in [0.717, 1.165) is 5.39 Å². The third kappa shape index (κ3) is 3.16. The van der Waals surface area contributed by atoms with E-state index < -0.39 is 24.4 Å². The molecule has 0 saturated carbocycles. The predicted octanol–water partition coefficient (Wildman–Crippen LogP) is 2.23. The number of aliphatic carboxylic acids is 2. The Kier molecular flexibility index (Phi) is 4.05. The van der Waals surface area contributed by atoms with E-state index in [4.69, 9.17) is 21.8 Å². The van der Waals surface area contributed by atoms with E-state index in [0.29, 0.717) is 5.39 Å². The van der Waals surface area contributed by atoms with Crippen LogP contribution >= 0.6 is 11.6 Å². The number of carbonyl (C=O) groups is 2. The summed E-state index contributed by atoms with van der Waals surface area (Å²) in [4.78, 5) is 25.8. The minimum atomic E-state index is -1.28. The molecule has 0 aliphatic carbocycles. The first-order valence-corrected chi connectivity index (χ1v) is 6.11. The van der Waals surface area contributed by atoms with Crippen LogP contribution in [-0.2, 0) is 9.59 Å². The fourth-order valence-electron chi connectivity index (χ4n) is 1.82. The Hall–Kier alpha value is -2.34. The van der Waals surface area contributed by atoms with Gasteiger partial charge in [-0.2, -0.15) is 0 Å². The average molecular weight is 295 g/mol. The summed E-state index contributed by atoms with van der Waals surface area (Å²) in [5.74, 6) is -2.23. The number of carboxylic acid groups (broad SMARTS) is 2. The third-order valence-corrected chi connectivity index (χ3v) is 2.89. The highest BCUT2D eigenvalue weighted by molar-refractivity contribution is 6.30. The molecule has 7 heteroatoms. The van der Waals surface area contributed by atoms with E-state index in [1.165, 1.54) is 0 Å². The van der Waals surface area contributed by atoms with Crippen LogP contribution in [0.1, 0.15) is 6.42 Å². The molecule has 2 rings (SSSR count). The molecule has 1 aromatic heterocycles. The maximum absolute atomic E-state index is 11.1. The summed E-state index contributed by atoms with van der Waals surface area (Å²) in [6.45, 7) is 0. The number of aromatic nitrogens is 1. The Balaban J connectivity index is 2.41. The Morgan fingerprint density at radius 2 is 2.00 bits per heavy atom. The molecule has 20 heavy (non-hydrogen) atoms. The van der Waals surface area contributed by atoms with Crippen molar-refractivity contribution in [2.24, 2.45) is 0 Å². The maximum atomic E-state index is 11.1. The number of halogens is 1. The number of anilines is 1. The third-order valence-electron chi connectivity index (χ3n) is 2.70. The van der Waals surface area contributed by atoms with Crippen LogP contribution in [-0.4, -0.2) is 33.2 Å². The summed E-state index contributed by atoms with van der Waals surface area (Å²) in [5, 5.41) is 22.0. The van der Waals surface area contributed by atoms with Crippen LogP contribution in [0.25, 0.3) is 10.8 Å². The van der Waals surface area contributed by atoms with Crippen molar-refractivity contribution < 1.29 is 19.8 Å². The zero-order valence-electron chi connectivity index (χ0n) is 10.2. The number of hydrogen-bond acceptors (Lipinski definition) is 4. The molecule has 0 bridgehead atoms. The van der Waals surface area contributed by atoms with E-state index in [1.807, 2.05) is 6.07 Å². The SMILES string of the molecule is O=C(O)CC(Nc1nc(Cl)cc2ccccc12)C(=O)O. The summed E-state index contributed by atoms with van der Waals surface area (Å²) >= 11 is 5.88. The van der Waals surface area contributed by atoms with Crippen LogP contribution < -0.4 is 5.32 Å². The van der Waals surface area contributed by atoms with Crippen LogP contribution in [0.2, 0.25) is 5.15 Å². The molecule has 2 aromatic rings. The highest BCUT2D eigenvalue weighted by atomic mass is 35.5. The molecule has 0 aliphatic heterocycles. The summed E-state index contributed by atoms with van der Waals surface area (Å²) in [6.07, 6.45) is -0.558. The minimum absolute atomic E-state index is 0.200. The molecule has 0 amide bonds. The van der Waals surface area contributed by atoms with E-state index >= 15 is 0 Å². The van der Waals surface area contributed by atoms with Crippen molar-refractivity contribution in [1.29, 1.82) is 0 Å². The molecule has 0 aliphatic rings. The molecule has 6 nitrogen and oxygen atoms in total. The van der Waals surface area contributed by atoms with E-state index in [1.54, 1.807) is 24.3 Å². The summed E-state index contributed by atoms with van der Waals surface area (Å²) in [7, 11) is 0. The lowest BCUT2D eigenvalue weighted by Gasteiger charge is -2.15. The Morgan fingerprint density at radius 1 is 1.30 bits per heavy atom. The summed E-state index contributed by atoms with van der Waals surface area (Å²) in [6, 6.07) is 7.52. The fraction of sp³-hybridized carbons (Fsp3) is 0.154. The molecule has 0 radical (unpaired) electrons. The van der Waals surface area contributed by atoms with Gasteiger partial charge < -0.3 is 15.5 Å². The number of carboxylic acids is 2. The number of fused-ring (bicyclic) bond motifs is 1. The summed E-state index contributed by atoms with van der Waals surface area (Å²) in [5.41, 5.74) is 0. The molecule has 1 atom stereocenters. The van der Waals surface area contributed by atoms with Gasteiger partial charge in [-0.25, -0.2) is 9.78 Å². The van der Waals surface area contributed by atoms with Crippen molar-refractivity contribution >= 4 is 40.1 Å². The average Bonchev–Trinajstić information content (AvgIpc) is 2.37. The second kappa shape index (κ2) is 5.75. The lowest BCUT2D eigenvalue weighted by molar-refractivity contribution is -0.144. The molecule has 3 N–H and O–H groups in total. The second-order valence-electron chi connectivity index (χ2n) is 4.15. The standard InChI is InChI=1S/C13H11ClN2O4/c14-10-5-7-3-1-2-4-8(7)12(16-10)15-9(13(19)20)6-11(17)18/h1-5,9H,6H2,(H,15,16)(H,17,18)(H,19,20). The molecule has 1 unspecified atom stereocenters. The number of pyridine rings is 1. The van der Waals surface area contributed by atoms with Crippen LogP contribution in [0.3, 0.4) is 0 Å². The van der Waals surface area contributed by atoms with Crippen LogP contribution in [0.15, 0.2) is 30.3 Å². The zero-order chi connectivity index (χ0) is 14.7. The molecule has 0 saturated heterocycles. The molecular weight excluding hydrogens is 284 g/mol. The fourth-order valence-corrected chi connectivity index (χ4v) is 2.02. The van der Waals surface area contributed by atoms with Gasteiger partial charge in [-0.3, -0.25) is 4.79 Å². The van der Waals surface area contributed by atoms with Gasteiger partial charge in [0, 0.05) is 5.39 Å². The number of benzene rings is 1. The highest BCUT2D eigenvalue weighted by Crippen LogP contribution is 2.25. The van der Waals surface area contributed by atoms with Crippen molar-refractivity contribution in [2.75, 3.05) is 5.32 Å². The topological polar surface area (TPSA) is 99.5 Å². The van der Waals surface area contributed by atoms with Gasteiger partial charge >= 0.3 is 11.9 Å². The highest BCUT2D eigenvalue weighted by Gasteiger charge is 2.22. The van der Waals surface area contributed by atoms with Crippen molar-refractivity contribution in [3.05, 3.63) is 35.5 Å². The van der Waals surface area contributed by atoms with Crippen molar-refractivity contribution in [1.82, 2.24) is 4.98 Å². The monoisotopic (exact) mass is 294 g/mol. The van der Waals surface area contributed by atoms with Crippen molar-refractivity contribution in [3.8, 4) is 0 Å². The van der Waals surface area contributed by atoms with Gasteiger partial charge in [-0.1, -0.05) is 35.9 Å². The van der Waals surface area contributed by atoms with Crippen LogP contribution in [0, 0.1) is 0 Å².